The third-order valence-corrected chi connectivity index (χ3v) is 6.00. The lowest BCUT2D eigenvalue weighted by molar-refractivity contribution is 0.590. The second kappa shape index (κ2) is 7.76. The maximum atomic E-state index is 11.5. The minimum absolute atomic E-state index is 0.0529. The van der Waals surface area contributed by atoms with Crippen molar-refractivity contribution in [3.05, 3.63) is 78.4 Å². The SMILES string of the molecule is CC(C)(C)c1ccc(-c2nc(Nc3ccc(S(N)(=O)=O)cc3)nc3ccccc23)cc1. The topological polar surface area (TPSA) is 98.0 Å². The van der Waals surface area contributed by atoms with Crippen LogP contribution in [-0.2, 0) is 15.4 Å². The predicted molar refractivity (Wildman–Crippen MR) is 125 cm³/mol. The van der Waals surface area contributed by atoms with Gasteiger partial charge in [0, 0.05) is 16.6 Å². The van der Waals surface area contributed by atoms with E-state index in [2.05, 4.69) is 55.3 Å². The Morgan fingerprint density at radius 2 is 1.48 bits per heavy atom. The number of hydrogen-bond donors (Lipinski definition) is 2. The highest BCUT2D eigenvalue weighted by molar-refractivity contribution is 7.89. The third-order valence-electron chi connectivity index (χ3n) is 5.07. The van der Waals surface area contributed by atoms with Gasteiger partial charge in [0.1, 0.15) is 0 Å². The lowest BCUT2D eigenvalue weighted by Gasteiger charge is -2.19. The lowest BCUT2D eigenvalue weighted by Crippen LogP contribution is -2.11. The Bertz CT molecular complexity index is 1340. The van der Waals surface area contributed by atoms with Gasteiger partial charge in [0.05, 0.1) is 16.1 Å². The number of rotatable bonds is 4. The van der Waals surface area contributed by atoms with Gasteiger partial charge < -0.3 is 5.32 Å². The predicted octanol–water partition coefficient (Wildman–Crippen LogP) is 4.99. The van der Waals surface area contributed by atoms with Gasteiger partial charge in [-0.05, 0) is 41.3 Å². The van der Waals surface area contributed by atoms with Crippen molar-refractivity contribution in [1.82, 2.24) is 9.97 Å². The smallest absolute Gasteiger partial charge is 0.238 e. The molecule has 0 aliphatic heterocycles. The maximum absolute atomic E-state index is 11.5. The monoisotopic (exact) mass is 432 g/mol. The molecule has 1 aromatic heterocycles. The molecule has 4 aromatic rings. The highest BCUT2D eigenvalue weighted by atomic mass is 32.2. The standard InChI is InChI=1S/C24H24N4O2S/c1-24(2,3)17-10-8-16(9-11-17)22-20-6-4-5-7-21(20)27-23(28-22)26-18-12-14-19(15-13-18)31(25,29)30/h4-15H,1-3H3,(H2,25,29,30)(H,26,27,28). The van der Waals surface area contributed by atoms with Crippen molar-refractivity contribution in [3.63, 3.8) is 0 Å². The van der Waals surface area contributed by atoms with Crippen molar-refractivity contribution in [2.45, 2.75) is 31.1 Å². The quantitative estimate of drug-likeness (QED) is 0.474. The van der Waals surface area contributed by atoms with E-state index in [-0.39, 0.29) is 10.3 Å². The van der Waals surface area contributed by atoms with Gasteiger partial charge >= 0.3 is 0 Å². The van der Waals surface area contributed by atoms with E-state index < -0.39 is 10.0 Å². The molecule has 0 radical (unpaired) electrons. The molecule has 1 heterocycles. The van der Waals surface area contributed by atoms with Gasteiger partial charge in [-0.3, -0.25) is 0 Å². The van der Waals surface area contributed by atoms with E-state index in [4.69, 9.17) is 10.1 Å². The van der Waals surface area contributed by atoms with Gasteiger partial charge in [0.2, 0.25) is 16.0 Å². The Labute approximate surface area is 182 Å². The number of benzene rings is 3. The highest BCUT2D eigenvalue weighted by Gasteiger charge is 2.15. The molecule has 7 heteroatoms. The summed E-state index contributed by atoms with van der Waals surface area (Å²) < 4.78 is 22.9. The molecule has 0 bridgehead atoms. The normalized spacial score (nSPS) is 12.1. The number of nitrogens with zero attached hydrogens (tertiary/aromatic N) is 2. The van der Waals surface area contributed by atoms with Crippen LogP contribution < -0.4 is 10.5 Å². The summed E-state index contributed by atoms with van der Waals surface area (Å²) in [6.07, 6.45) is 0. The van der Waals surface area contributed by atoms with Crippen LogP contribution in [0.4, 0.5) is 11.6 Å². The Hall–Kier alpha value is -3.29. The summed E-state index contributed by atoms with van der Waals surface area (Å²) in [7, 11) is -3.74. The van der Waals surface area contributed by atoms with Crippen LogP contribution in [0.2, 0.25) is 0 Å². The van der Waals surface area contributed by atoms with Crippen LogP contribution in [0.25, 0.3) is 22.2 Å². The fourth-order valence-electron chi connectivity index (χ4n) is 3.34. The average molecular weight is 433 g/mol. The zero-order valence-electron chi connectivity index (χ0n) is 17.6. The Morgan fingerprint density at radius 3 is 2.10 bits per heavy atom. The molecule has 0 unspecified atom stereocenters. The summed E-state index contributed by atoms with van der Waals surface area (Å²) in [6.45, 7) is 6.56. The van der Waals surface area contributed by atoms with Crippen molar-refractivity contribution in [2.75, 3.05) is 5.32 Å². The number of primary sulfonamides is 1. The molecule has 0 amide bonds. The van der Waals surface area contributed by atoms with Gasteiger partial charge in [-0.15, -0.1) is 0 Å². The van der Waals surface area contributed by atoms with Gasteiger partial charge in [-0.1, -0.05) is 63.2 Å². The number of nitrogens with one attached hydrogen (secondary N) is 1. The molecule has 0 fully saturated rings. The molecule has 3 N–H and O–H groups in total. The fraction of sp³-hybridized carbons (Fsp3) is 0.167. The molecule has 0 spiro atoms. The molecule has 31 heavy (non-hydrogen) atoms. The summed E-state index contributed by atoms with van der Waals surface area (Å²) in [6, 6.07) is 22.5. The summed E-state index contributed by atoms with van der Waals surface area (Å²) in [5.74, 6) is 0.428. The summed E-state index contributed by atoms with van der Waals surface area (Å²) in [5.41, 5.74) is 4.63. The Kier molecular flexibility index (Phi) is 5.24. The van der Waals surface area contributed by atoms with E-state index in [0.717, 1.165) is 22.2 Å². The number of hydrogen-bond acceptors (Lipinski definition) is 5. The molecule has 0 saturated heterocycles. The molecule has 6 nitrogen and oxygen atoms in total. The minimum atomic E-state index is -3.74. The molecular formula is C24H24N4O2S. The fourth-order valence-corrected chi connectivity index (χ4v) is 3.85. The van der Waals surface area contributed by atoms with E-state index in [9.17, 15) is 8.42 Å². The molecule has 0 atom stereocenters. The second-order valence-corrected chi connectivity index (χ2v) is 10.00. The molecule has 0 aliphatic carbocycles. The first-order chi connectivity index (χ1) is 14.6. The van der Waals surface area contributed by atoms with Crippen LogP contribution in [-0.4, -0.2) is 18.4 Å². The highest BCUT2D eigenvalue weighted by Crippen LogP contribution is 2.30. The van der Waals surface area contributed by atoms with Crippen LogP contribution in [0.15, 0.2) is 77.7 Å². The minimum Gasteiger partial charge on any atom is -0.324 e. The number of para-hydroxylation sites is 1. The van der Waals surface area contributed by atoms with Crippen LogP contribution in [0.3, 0.4) is 0 Å². The van der Waals surface area contributed by atoms with Crippen molar-refractivity contribution in [3.8, 4) is 11.3 Å². The van der Waals surface area contributed by atoms with E-state index in [1.54, 1.807) is 12.1 Å². The van der Waals surface area contributed by atoms with Gasteiger partial charge in [-0.25, -0.2) is 23.5 Å². The summed E-state index contributed by atoms with van der Waals surface area (Å²) in [4.78, 5) is 9.44. The molecular weight excluding hydrogens is 408 g/mol. The first-order valence-electron chi connectivity index (χ1n) is 9.89. The van der Waals surface area contributed by atoms with Gasteiger partial charge in [0.15, 0.2) is 0 Å². The number of aromatic nitrogens is 2. The van der Waals surface area contributed by atoms with Gasteiger partial charge in [-0.2, -0.15) is 0 Å². The molecule has 158 valence electrons. The van der Waals surface area contributed by atoms with E-state index in [0.29, 0.717) is 11.6 Å². The zero-order chi connectivity index (χ0) is 22.2. The molecule has 0 saturated carbocycles. The number of sulfonamides is 1. The third kappa shape index (κ3) is 4.57. The van der Waals surface area contributed by atoms with Crippen LogP contribution in [0, 0.1) is 0 Å². The van der Waals surface area contributed by atoms with Crippen LogP contribution >= 0.6 is 0 Å². The zero-order valence-corrected chi connectivity index (χ0v) is 18.4. The van der Waals surface area contributed by atoms with E-state index >= 15 is 0 Å². The summed E-state index contributed by atoms with van der Waals surface area (Å²) in [5, 5.41) is 9.29. The van der Waals surface area contributed by atoms with Crippen molar-refractivity contribution in [2.24, 2.45) is 5.14 Å². The lowest BCUT2D eigenvalue weighted by atomic mass is 9.86. The Morgan fingerprint density at radius 1 is 0.839 bits per heavy atom. The molecule has 4 rings (SSSR count). The van der Waals surface area contributed by atoms with Gasteiger partial charge in [0.25, 0.3) is 0 Å². The first kappa shape index (κ1) is 21.0. The van der Waals surface area contributed by atoms with E-state index in [1.807, 2.05) is 24.3 Å². The van der Waals surface area contributed by atoms with Crippen LogP contribution in [0.5, 0.6) is 0 Å². The van der Waals surface area contributed by atoms with Crippen molar-refractivity contribution < 1.29 is 8.42 Å². The molecule has 0 aliphatic rings. The van der Waals surface area contributed by atoms with E-state index in [1.165, 1.54) is 17.7 Å². The number of fused-ring (bicyclic) bond motifs is 1. The molecule has 3 aromatic carbocycles. The van der Waals surface area contributed by atoms with Crippen LogP contribution in [0.1, 0.15) is 26.3 Å². The maximum Gasteiger partial charge on any atom is 0.238 e. The number of anilines is 2. The summed E-state index contributed by atoms with van der Waals surface area (Å²) >= 11 is 0. The number of nitrogens with two attached hydrogens (primary N) is 1. The van der Waals surface area contributed by atoms with Crippen molar-refractivity contribution >= 4 is 32.6 Å². The first-order valence-corrected chi connectivity index (χ1v) is 11.4. The second-order valence-electron chi connectivity index (χ2n) is 8.43. The average Bonchev–Trinajstić information content (AvgIpc) is 2.72. The van der Waals surface area contributed by atoms with Crippen molar-refractivity contribution in [1.29, 1.82) is 0 Å². The largest absolute Gasteiger partial charge is 0.324 e. The Balaban J connectivity index is 1.75.